The van der Waals surface area contributed by atoms with Crippen LogP contribution in [-0.2, 0) is 0 Å². The minimum absolute atomic E-state index is 0.0983. The Kier molecular flexibility index (Phi) is 4.86. The molecule has 1 atom stereocenters. The van der Waals surface area contributed by atoms with Gasteiger partial charge in [0, 0.05) is 6.04 Å². The highest BCUT2D eigenvalue weighted by Crippen LogP contribution is 1.87. The lowest BCUT2D eigenvalue weighted by molar-refractivity contribution is 0.236. The van der Waals surface area contributed by atoms with E-state index < -0.39 is 0 Å². The standard InChI is InChI=1S/C8H15N3O/c1-4-7(5-9)11-8(12)10-6(2)3/h6-7H,4H2,1-3H3,(H2,10,11,12). The molecule has 0 aromatic rings. The summed E-state index contributed by atoms with van der Waals surface area (Å²) in [4.78, 5) is 11.0. The minimum Gasteiger partial charge on any atom is -0.336 e. The first-order valence-corrected chi connectivity index (χ1v) is 4.06. The summed E-state index contributed by atoms with van der Waals surface area (Å²) in [7, 11) is 0. The second-order valence-electron chi connectivity index (χ2n) is 2.86. The van der Waals surface area contributed by atoms with Crippen molar-refractivity contribution in [3.05, 3.63) is 0 Å². The Bertz CT molecular complexity index is 183. The first-order chi connectivity index (χ1) is 5.60. The van der Waals surface area contributed by atoms with Crippen molar-refractivity contribution >= 4 is 6.03 Å². The summed E-state index contributed by atoms with van der Waals surface area (Å²) in [5.74, 6) is 0. The van der Waals surface area contributed by atoms with Gasteiger partial charge in [0.05, 0.1) is 6.07 Å². The maximum absolute atomic E-state index is 11.0. The zero-order valence-electron chi connectivity index (χ0n) is 7.72. The van der Waals surface area contributed by atoms with Crippen LogP contribution in [0.5, 0.6) is 0 Å². The highest BCUT2D eigenvalue weighted by atomic mass is 16.2. The third-order valence-corrected chi connectivity index (χ3v) is 1.29. The fourth-order valence-corrected chi connectivity index (χ4v) is 0.688. The van der Waals surface area contributed by atoms with Crippen molar-refractivity contribution in [1.29, 1.82) is 5.26 Å². The molecule has 0 fully saturated rings. The second-order valence-corrected chi connectivity index (χ2v) is 2.86. The quantitative estimate of drug-likeness (QED) is 0.661. The van der Waals surface area contributed by atoms with Crippen LogP contribution in [0.2, 0.25) is 0 Å². The van der Waals surface area contributed by atoms with Gasteiger partial charge in [-0.25, -0.2) is 4.79 Å². The number of carbonyl (C=O) groups is 1. The molecule has 0 saturated heterocycles. The van der Waals surface area contributed by atoms with E-state index in [2.05, 4.69) is 10.6 Å². The second kappa shape index (κ2) is 5.42. The van der Waals surface area contributed by atoms with Gasteiger partial charge in [-0.1, -0.05) is 6.92 Å². The molecule has 0 radical (unpaired) electrons. The minimum atomic E-state index is -0.385. The Morgan fingerprint density at radius 3 is 2.42 bits per heavy atom. The monoisotopic (exact) mass is 169 g/mol. The van der Waals surface area contributed by atoms with Crippen LogP contribution in [0.3, 0.4) is 0 Å². The first-order valence-electron chi connectivity index (χ1n) is 4.06. The number of hydrogen-bond donors (Lipinski definition) is 2. The predicted octanol–water partition coefficient (Wildman–Crippen LogP) is 0.996. The van der Waals surface area contributed by atoms with Crippen molar-refractivity contribution < 1.29 is 4.79 Å². The van der Waals surface area contributed by atoms with Gasteiger partial charge >= 0.3 is 6.03 Å². The van der Waals surface area contributed by atoms with Crippen LogP contribution >= 0.6 is 0 Å². The number of carbonyl (C=O) groups excluding carboxylic acids is 1. The smallest absolute Gasteiger partial charge is 0.316 e. The number of rotatable bonds is 3. The van der Waals surface area contributed by atoms with Gasteiger partial charge < -0.3 is 10.6 Å². The molecule has 0 bridgehead atoms. The molecule has 0 aromatic heterocycles. The molecule has 0 spiro atoms. The van der Waals surface area contributed by atoms with E-state index in [-0.39, 0.29) is 18.1 Å². The molecule has 0 aliphatic heterocycles. The largest absolute Gasteiger partial charge is 0.336 e. The van der Waals surface area contributed by atoms with E-state index in [0.717, 1.165) is 0 Å². The zero-order valence-corrected chi connectivity index (χ0v) is 7.72. The molecule has 0 aromatic carbocycles. The SMILES string of the molecule is CCC(C#N)NC(=O)NC(C)C. The molecule has 12 heavy (non-hydrogen) atoms. The number of nitriles is 1. The Balaban J connectivity index is 3.76. The van der Waals surface area contributed by atoms with Crippen molar-refractivity contribution in [1.82, 2.24) is 10.6 Å². The molecule has 1 unspecified atom stereocenters. The summed E-state index contributed by atoms with van der Waals surface area (Å²) in [6.07, 6.45) is 0.627. The molecule has 0 rings (SSSR count). The molecule has 0 aliphatic carbocycles. The molecule has 4 nitrogen and oxygen atoms in total. The van der Waals surface area contributed by atoms with Crippen LogP contribution in [0.15, 0.2) is 0 Å². The lowest BCUT2D eigenvalue weighted by Crippen LogP contribution is -2.43. The topological polar surface area (TPSA) is 64.9 Å². The van der Waals surface area contributed by atoms with Crippen molar-refractivity contribution in [2.24, 2.45) is 0 Å². The van der Waals surface area contributed by atoms with E-state index in [1.807, 2.05) is 26.8 Å². The fraction of sp³-hybridized carbons (Fsp3) is 0.750. The maximum atomic E-state index is 11.0. The third kappa shape index (κ3) is 4.56. The Morgan fingerprint density at radius 2 is 2.08 bits per heavy atom. The predicted molar refractivity (Wildman–Crippen MR) is 46.5 cm³/mol. The van der Waals surface area contributed by atoms with E-state index in [4.69, 9.17) is 5.26 Å². The molecule has 0 saturated carbocycles. The molecule has 0 heterocycles. The van der Waals surface area contributed by atoms with Gasteiger partial charge in [-0.05, 0) is 20.3 Å². The number of amides is 2. The molecule has 2 N–H and O–H groups in total. The molecule has 0 aliphatic rings. The first kappa shape index (κ1) is 10.8. The average molecular weight is 169 g/mol. The van der Waals surface area contributed by atoms with Gasteiger partial charge in [0.15, 0.2) is 0 Å². The van der Waals surface area contributed by atoms with Gasteiger partial charge in [0.2, 0.25) is 0 Å². The summed E-state index contributed by atoms with van der Waals surface area (Å²) in [6, 6.07) is 1.42. The highest BCUT2D eigenvalue weighted by Gasteiger charge is 2.08. The lowest BCUT2D eigenvalue weighted by Gasteiger charge is -2.12. The van der Waals surface area contributed by atoms with Gasteiger partial charge in [0.25, 0.3) is 0 Å². The fourth-order valence-electron chi connectivity index (χ4n) is 0.688. The van der Waals surface area contributed by atoms with E-state index in [0.29, 0.717) is 6.42 Å². The van der Waals surface area contributed by atoms with Crippen molar-refractivity contribution in [2.75, 3.05) is 0 Å². The zero-order chi connectivity index (χ0) is 9.56. The van der Waals surface area contributed by atoms with Crippen molar-refractivity contribution in [2.45, 2.75) is 39.3 Å². The Hall–Kier alpha value is -1.24. The summed E-state index contributed by atoms with van der Waals surface area (Å²) in [5, 5.41) is 13.7. The molecule has 2 amide bonds. The van der Waals surface area contributed by atoms with Crippen LogP contribution in [0.25, 0.3) is 0 Å². The van der Waals surface area contributed by atoms with Crippen LogP contribution < -0.4 is 10.6 Å². The Morgan fingerprint density at radius 1 is 1.50 bits per heavy atom. The van der Waals surface area contributed by atoms with Gasteiger partial charge in [-0.2, -0.15) is 5.26 Å². The van der Waals surface area contributed by atoms with Gasteiger partial charge in [-0.3, -0.25) is 0 Å². The van der Waals surface area contributed by atoms with Gasteiger partial charge in [0.1, 0.15) is 6.04 Å². The van der Waals surface area contributed by atoms with Crippen molar-refractivity contribution in [3.8, 4) is 6.07 Å². The van der Waals surface area contributed by atoms with Crippen LogP contribution in [0.1, 0.15) is 27.2 Å². The van der Waals surface area contributed by atoms with Crippen molar-refractivity contribution in [3.63, 3.8) is 0 Å². The van der Waals surface area contributed by atoms with Gasteiger partial charge in [-0.15, -0.1) is 0 Å². The van der Waals surface area contributed by atoms with E-state index in [1.165, 1.54) is 0 Å². The van der Waals surface area contributed by atoms with Crippen LogP contribution in [0, 0.1) is 11.3 Å². The molecular formula is C8H15N3O. The normalized spacial score (nSPS) is 11.9. The highest BCUT2D eigenvalue weighted by molar-refractivity contribution is 5.74. The van der Waals surface area contributed by atoms with E-state index in [1.54, 1.807) is 0 Å². The summed E-state index contributed by atoms with van der Waals surface area (Å²) >= 11 is 0. The number of nitrogens with zero attached hydrogens (tertiary/aromatic N) is 1. The summed E-state index contributed by atoms with van der Waals surface area (Å²) in [6.45, 7) is 5.59. The third-order valence-electron chi connectivity index (χ3n) is 1.29. The number of nitrogens with one attached hydrogen (secondary N) is 2. The summed E-state index contributed by atoms with van der Waals surface area (Å²) in [5.41, 5.74) is 0. The van der Waals surface area contributed by atoms with E-state index >= 15 is 0 Å². The molecular weight excluding hydrogens is 154 g/mol. The molecule has 68 valence electrons. The average Bonchev–Trinajstić information content (AvgIpc) is 1.98. The van der Waals surface area contributed by atoms with Crippen LogP contribution in [-0.4, -0.2) is 18.1 Å². The number of urea groups is 1. The Labute approximate surface area is 72.9 Å². The maximum Gasteiger partial charge on any atom is 0.316 e. The summed E-state index contributed by atoms with van der Waals surface area (Å²) < 4.78 is 0. The molecule has 4 heteroatoms. The van der Waals surface area contributed by atoms with E-state index in [9.17, 15) is 4.79 Å². The number of hydrogen-bond acceptors (Lipinski definition) is 2. The van der Waals surface area contributed by atoms with Crippen LogP contribution in [0.4, 0.5) is 4.79 Å². The lowest BCUT2D eigenvalue weighted by atomic mass is 10.2.